The van der Waals surface area contributed by atoms with E-state index in [1.807, 2.05) is 12.1 Å². The quantitative estimate of drug-likeness (QED) is 0.708. The predicted octanol–water partition coefficient (Wildman–Crippen LogP) is 2.98. The average Bonchev–Trinajstić information content (AvgIpc) is 2.31. The van der Waals surface area contributed by atoms with Gasteiger partial charge in [-0.25, -0.2) is 0 Å². The zero-order valence-electron chi connectivity index (χ0n) is 8.55. The van der Waals surface area contributed by atoms with Crippen LogP contribution in [0.2, 0.25) is 5.02 Å². The number of fused-ring (bicyclic) bond motifs is 1. The number of halogens is 1. The lowest BCUT2D eigenvalue weighted by atomic mass is 10.2. The Kier molecular flexibility index (Phi) is 2.55. The summed E-state index contributed by atoms with van der Waals surface area (Å²) in [5, 5.41) is 4.19. The molecule has 2 rings (SSSR count). The Morgan fingerprint density at radius 3 is 3.07 bits per heavy atom. The van der Waals surface area contributed by atoms with Gasteiger partial charge in [-0.05, 0) is 25.5 Å². The van der Waals surface area contributed by atoms with Gasteiger partial charge in [0.25, 0.3) is 0 Å². The molecule has 1 atom stereocenters. The first-order chi connectivity index (χ1) is 6.70. The molecule has 1 heterocycles. The van der Waals surface area contributed by atoms with Gasteiger partial charge in [-0.3, -0.25) is 0 Å². The summed E-state index contributed by atoms with van der Waals surface area (Å²) in [6.45, 7) is 3.22. The van der Waals surface area contributed by atoms with Crippen LogP contribution in [-0.2, 0) is 0 Å². The number of hydrogen-bond donors (Lipinski definition) is 1. The molecule has 0 fully saturated rings. The smallest absolute Gasteiger partial charge is 0.0767 e. The van der Waals surface area contributed by atoms with Gasteiger partial charge in [0.1, 0.15) is 0 Å². The predicted molar refractivity (Wildman–Crippen MR) is 62.4 cm³/mol. The fourth-order valence-corrected chi connectivity index (χ4v) is 2.06. The van der Waals surface area contributed by atoms with Crippen LogP contribution in [0.3, 0.4) is 0 Å². The zero-order chi connectivity index (χ0) is 10.1. The van der Waals surface area contributed by atoms with Gasteiger partial charge in [0.2, 0.25) is 0 Å². The number of para-hydroxylation sites is 1. The molecule has 1 aliphatic heterocycles. The van der Waals surface area contributed by atoms with Gasteiger partial charge in [0.05, 0.1) is 16.4 Å². The van der Waals surface area contributed by atoms with Crippen LogP contribution in [0.25, 0.3) is 0 Å². The van der Waals surface area contributed by atoms with Crippen molar-refractivity contribution in [2.75, 3.05) is 23.8 Å². The van der Waals surface area contributed by atoms with Crippen molar-refractivity contribution in [3.05, 3.63) is 23.2 Å². The lowest BCUT2D eigenvalue weighted by molar-refractivity contribution is 0.657. The van der Waals surface area contributed by atoms with Crippen LogP contribution in [0.1, 0.15) is 13.3 Å². The highest BCUT2D eigenvalue weighted by molar-refractivity contribution is 6.34. The first kappa shape index (κ1) is 9.66. The normalized spacial score (nSPS) is 21.1. The molecule has 1 aromatic carbocycles. The number of nitrogens with one attached hydrogen (secondary N) is 1. The second kappa shape index (κ2) is 3.70. The third-order valence-electron chi connectivity index (χ3n) is 2.90. The van der Waals surface area contributed by atoms with Crippen LogP contribution >= 0.6 is 11.6 Å². The van der Waals surface area contributed by atoms with E-state index in [0.717, 1.165) is 23.7 Å². The Balaban J connectivity index is 2.48. The first-order valence-corrected chi connectivity index (χ1v) is 5.33. The molecule has 2 nitrogen and oxygen atoms in total. The lowest BCUT2D eigenvalue weighted by Crippen LogP contribution is -2.28. The maximum absolute atomic E-state index is 6.14. The van der Waals surface area contributed by atoms with Gasteiger partial charge in [-0.15, -0.1) is 0 Å². The summed E-state index contributed by atoms with van der Waals surface area (Å²) in [4.78, 5) is 2.28. The maximum Gasteiger partial charge on any atom is 0.0767 e. The minimum absolute atomic E-state index is 0.558. The summed E-state index contributed by atoms with van der Waals surface area (Å²) in [5.74, 6) is 0. The van der Waals surface area contributed by atoms with Crippen molar-refractivity contribution >= 4 is 23.0 Å². The summed E-state index contributed by atoms with van der Waals surface area (Å²) in [7, 11) is 2.12. The summed E-state index contributed by atoms with van der Waals surface area (Å²) in [5.41, 5.74) is 2.27. The van der Waals surface area contributed by atoms with E-state index in [4.69, 9.17) is 11.6 Å². The number of nitrogens with zero attached hydrogens (tertiary/aromatic N) is 1. The van der Waals surface area contributed by atoms with Crippen LogP contribution in [0.5, 0.6) is 0 Å². The number of anilines is 2. The molecule has 1 N–H and O–H groups in total. The monoisotopic (exact) mass is 210 g/mol. The summed E-state index contributed by atoms with van der Waals surface area (Å²) in [6, 6.07) is 6.59. The highest BCUT2D eigenvalue weighted by Crippen LogP contribution is 2.35. The fourth-order valence-electron chi connectivity index (χ4n) is 1.82. The molecule has 0 saturated carbocycles. The van der Waals surface area contributed by atoms with Crippen LogP contribution in [0.15, 0.2) is 18.2 Å². The van der Waals surface area contributed by atoms with E-state index in [0.29, 0.717) is 6.04 Å². The van der Waals surface area contributed by atoms with E-state index in [2.05, 4.69) is 30.3 Å². The van der Waals surface area contributed by atoms with Crippen LogP contribution in [-0.4, -0.2) is 19.6 Å². The van der Waals surface area contributed by atoms with Crippen molar-refractivity contribution in [2.24, 2.45) is 0 Å². The fraction of sp³-hybridized carbons (Fsp3) is 0.455. The van der Waals surface area contributed by atoms with Gasteiger partial charge in [-0.2, -0.15) is 0 Å². The van der Waals surface area contributed by atoms with E-state index in [1.165, 1.54) is 5.69 Å². The third-order valence-corrected chi connectivity index (χ3v) is 3.21. The Morgan fingerprint density at radius 1 is 1.50 bits per heavy atom. The summed E-state index contributed by atoms with van der Waals surface area (Å²) < 4.78 is 0. The van der Waals surface area contributed by atoms with Crippen molar-refractivity contribution in [2.45, 2.75) is 19.4 Å². The maximum atomic E-state index is 6.14. The minimum Gasteiger partial charge on any atom is -0.382 e. The summed E-state index contributed by atoms with van der Waals surface area (Å²) in [6.07, 6.45) is 1.14. The molecule has 0 amide bonds. The summed E-state index contributed by atoms with van der Waals surface area (Å²) >= 11 is 6.14. The molecule has 0 aliphatic carbocycles. The molecule has 3 heteroatoms. The molecule has 0 spiro atoms. The van der Waals surface area contributed by atoms with E-state index in [9.17, 15) is 0 Å². The molecule has 1 unspecified atom stereocenters. The van der Waals surface area contributed by atoms with Crippen molar-refractivity contribution in [3.8, 4) is 0 Å². The van der Waals surface area contributed by atoms with Crippen LogP contribution in [0, 0.1) is 0 Å². The second-order valence-electron chi connectivity index (χ2n) is 3.81. The number of rotatable bonds is 0. The van der Waals surface area contributed by atoms with Gasteiger partial charge < -0.3 is 10.2 Å². The first-order valence-electron chi connectivity index (χ1n) is 4.95. The van der Waals surface area contributed by atoms with E-state index in [-0.39, 0.29) is 0 Å². The number of hydrogen-bond acceptors (Lipinski definition) is 2. The molecule has 1 aliphatic rings. The number of benzene rings is 1. The molecule has 76 valence electrons. The van der Waals surface area contributed by atoms with Gasteiger partial charge >= 0.3 is 0 Å². The standard InChI is InChI=1S/C11H15ClN2/c1-8-6-7-13-11-9(12)4-3-5-10(11)14(8)2/h3-5,8,13H,6-7H2,1-2H3. The topological polar surface area (TPSA) is 15.3 Å². The van der Waals surface area contributed by atoms with E-state index >= 15 is 0 Å². The highest BCUT2D eigenvalue weighted by Gasteiger charge is 2.18. The Labute approximate surface area is 89.9 Å². The van der Waals surface area contributed by atoms with Crippen molar-refractivity contribution in [1.82, 2.24) is 0 Å². The molecule has 14 heavy (non-hydrogen) atoms. The van der Waals surface area contributed by atoms with E-state index < -0.39 is 0 Å². The largest absolute Gasteiger partial charge is 0.382 e. The molecular formula is C11H15ClN2. The Bertz CT molecular complexity index is 338. The zero-order valence-corrected chi connectivity index (χ0v) is 9.30. The Morgan fingerprint density at radius 2 is 2.29 bits per heavy atom. The average molecular weight is 211 g/mol. The highest BCUT2D eigenvalue weighted by atomic mass is 35.5. The minimum atomic E-state index is 0.558. The lowest BCUT2D eigenvalue weighted by Gasteiger charge is -2.25. The van der Waals surface area contributed by atoms with Gasteiger partial charge in [0, 0.05) is 19.6 Å². The molecule has 0 bridgehead atoms. The SMILES string of the molecule is CC1CCNc2c(Cl)cccc2N1C. The Hall–Kier alpha value is -0.890. The molecule has 0 saturated heterocycles. The van der Waals surface area contributed by atoms with Gasteiger partial charge in [-0.1, -0.05) is 17.7 Å². The molecule has 1 aromatic rings. The van der Waals surface area contributed by atoms with Crippen molar-refractivity contribution in [3.63, 3.8) is 0 Å². The molecule has 0 radical (unpaired) electrons. The third kappa shape index (κ3) is 1.55. The van der Waals surface area contributed by atoms with E-state index in [1.54, 1.807) is 0 Å². The second-order valence-corrected chi connectivity index (χ2v) is 4.22. The molecular weight excluding hydrogens is 196 g/mol. The van der Waals surface area contributed by atoms with Crippen molar-refractivity contribution in [1.29, 1.82) is 0 Å². The van der Waals surface area contributed by atoms with Crippen LogP contribution < -0.4 is 10.2 Å². The van der Waals surface area contributed by atoms with Gasteiger partial charge in [0.15, 0.2) is 0 Å². The van der Waals surface area contributed by atoms with Crippen molar-refractivity contribution < 1.29 is 0 Å². The van der Waals surface area contributed by atoms with Crippen LogP contribution in [0.4, 0.5) is 11.4 Å². The molecule has 0 aromatic heterocycles.